The van der Waals surface area contributed by atoms with Crippen LogP contribution >= 0.6 is 30.8 Å². The zero-order valence-electron chi connectivity index (χ0n) is 57.1. The van der Waals surface area contributed by atoms with Gasteiger partial charge in [0.15, 0.2) is 0 Å². The van der Waals surface area contributed by atoms with Gasteiger partial charge in [0.25, 0.3) is 0 Å². The fraction of sp³-hybridized carbons (Fsp3) is 0.398. The molecule has 0 radical (unpaired) electrons. The van der Waals surface area contributed by atoms with Crippen molar-refractivity contribution in [1.29, 1.82) is 0 Å². The Balaban J connectivity index is 0.000000316. The fourth-order valence-corrected chi connectivity index (χ4v) is 17.7. The lowest BCUT2D eigenvalue weighted by molar-refractivity contribution is -0.105. The molecule has 0 fully saturated rings. The molecule has 0 atom stereocenters. The molecule has 0 amide bonds. The van der Waals surface area contributed by atoms with Crippen molar-refractivity contribution in [2.45, 2.75) is 169 Å². The minimum absolute atomic E-state index is 0.272. The average Bonchev–Trinajstić information content (AvgIpc) is 0.830. The van der Waals surface area contributed by atoms with Crippen LogP contribution in [0, 0.1) is 16.2 Å². The second kappa shape index (κ2) is 38.7. The minimum atomic E-state index is -1.82. The summed E-state index contributed by atoms with van der Waals surface area (Å²) in [6, 6.07) is 33.4. The van der Waals surface area contributed by atoms with E-state index < -0.39 is 7.26 Å². The van der Waals surface area contributed by atoms with E-state index in [2.05, 4.69) is 279 Å². The number of aldehydes is 2. The molecule has 0 aliphatic heterocycles. The molecule has 0 unspecified atom stereocenters. The summed E-state index contributed by atoms with van der Waals surface area (Å²) in [4.78, 5) is 20.4. The summed E-state index contributed by atoms with van der Waals surface area (Å²) in [5.41, 5.74) is 18.2. The van der Waals surface area contributed by atoms with Crippen molar-refractivity contribution in [3.8, 4) is 0 Å². The lowest BCUT2D eigenvalue weighted by Crippen LogP contribution is -2.33. The van der Waals surface area contributed by atoms with Gasteiger partial charge < -0.3 is 0 Å². The SMILES string of the molecule is C/C(C=O)=C\CSC/C=C(\C)C=O.CC1=C(/C=C/C(C)=C/C=C/C(C)=C/CSC/C=C(C)/C=C/C=C(C)/C=C/C2=C(C)CCCC2(C)C)C(C)(C)CCC1.CC1=C(/C=C/C(C)=C/C[P+](c2ccccc2)(c2ccccc2)c2ccccc2)C(C)(C)CCC1. The lowest BCUT2D eigenvalue weighted by Gasteiger charge is -2.33. The minimum Gasteiger partial charge on any atom is -0.298 e. The highest BCUT2D eigenvalue weighted by Gasteiger charge is 2.44. The third kappa shape index (κ3) is 25.6. The van der Waals surface area contributed by atoms with E-state index in [-0.39, 0.29) is 5.41 Å². The van der Waals surface area contributed by atoms with E-state index in [1.807, 2.05) is 23.9 Å². The Kier molecular flexibility index (Phi) is 32.9. The van der Waals surface area contributed by atoms with Crippen LogP contribution in [-0.4, -0.2) is 41.7 Å². The number of allylic oxidation sites excluding steroid dienone is 26. The van der Waals surface area contributed by atoms with E-state index >= 15 is 0 Å². The molecule has 0 saturated heterocycles. The van der Waals surface area contributed by atoms with Crippen LogP contribution in [0.15, 0.2) is 267 Å². The van der Waals surface area contributed by atoms with Crippen LogP contribution in [0.5, 0.6) is 0 Å². The highest BCUT2D eigenvalue weighted by atomic mass is 32.2. The Morgan fingerprint density at radius 3 is 0.977 bits per heavy atom. The number of benzene rings is 3. The number of rotatable bonds is 25. The number of hydrogen-bond donors (Lipinski definition) is 0. The molecule has 3 aliphatic rings. The number of thioether (sulfide) groups is 2. The number of carbonyl (C=O) groups excluding carboxylic acids is 2. The topological polar surface area (TPSA) is 34.1 Å². The summed E-state index contributed by atoms with van der Waals surface area (Å²) in [5.74, 6) is 3.69. The third-order valence-electron chi connectivity index (χ3n) is 17.3. The Labute approximate surface area is 546 Å². The molecule has 470 valence electrons. The normalized spacial score (nSPS) is 18.4. The van der Waals surface area contributed by atoms with E-state index in [4.69, 9.17) is 0 Å². The first kappa shape index (κ1) is 74.7. The zero-order chi connectivity index (χ0) is 64.6. The van der Waals surface area contributed by atoms with Gasteiger partial charge in [0.05, 0.1) is 6.16 Å². The lowest BCUT2D eigenvalue weighted by atomic mass is 9.72. The van der Waals surface area contributed by atoms with Gasteiger partial charge in [0.1, 0.15) is 35.7 Å². The van der Waals surface area contributed by atoms with Gasteiger partial charge in [0, 0.05) is 23.0 Å². The first-order valence-corrected chi connectivity index (χ1v) is 36.5. The molecule has 3 aliphatic carbocycles. The van der Waals surface area contributed by atoms with Gasteiger partial charge in [-0.1, -0.05) is 238 Å². The van der Waals surface area contributed by atoms with Crippen molar-refractivity contribution in [2.24, 2.45) is 16.2 Å². The van der Waals surface area contributed by atoms with Gasteiger partial charge in [-0.05, 0) is 214 Å². The number of carbonyl (C=O) groups is 2. The number of hydrogen-bond acceptors (Lipinski definition) is 4. The van der Waals surface area contributed by atoms with Crippen molar-refractivity contribution in [2.75, 3.05) is 29.2 Å². The molecule has 0 N–H and O–H groups in total. The van der Waals surface area contributed by atoms with Crippen LogP contribution in [-0.2, 0) is 9.59 Å². The van der Waals surface area contributed by atoms with E-state index in [1.165, 1.54) is 118 Å². The van der Waals surface area contributed by atoms with E-state index in [0.717, 1.165) is 52.9 Å². The summed E-state index contributed by atoms with van der Waals surface area (Å²) in [7, 11) is -1.82. The predicted molar refractivity (Wildman–Crippen MR) is 400 cm³/mol. The molecule has 6 rings (SSSR count). The van der Waals surface area contributed by atoms with Gasteiger partial charge in [0.2, 0.25) is 0 Å². The molecule has 3 aromatic carbocycles. The highest BCUT2D eigenvalue weighted by Crippen LogP contribution is 2.55. The maximum Gasteiger partial charge on any atom is 0.145 e. The van der Waals surface area contributed by atoms with Gasteiger partial charge in [-0.25, -0.2) is 0 Å². The molecule has 88 heavy (non-hydrogen) atoms. The first-order chi connectivity index (χ1) is 41.9. The van der Waals surface area contributed by atoms with Gasteiger partial charge in [-0.15, -0.1) is 0 Å². The van der Waals surface area contributed by atoms with Crippen LogP contribution in [0.4, 0.5) is 0 Å². The van der Waals surface area contributed by atoms with Crippen molar-refractivity contribution in [1.82, 2.24) is 0 Å². The smallest absolute Gasteiger partial charge is 0.145 e. The summed E-state index contributed by atoms with van der Waals surface area (Å²) in [6.45, 7) is 35.8. The second-order valence-corrected chi connectivity index (χ2v) is 32.1. The van der Waals surface area contributed by atoms with Crippen molar-refractivity contribution >= 4 is 59.3 Å². The van der Waals surface area contributed by atoms with E-state index in [9.17, 15) is 9.59 Å². The Morgan fingerprint density at radius 1 is 0.398 bits per heavy atom. The highest BCUT2D eigenvalue weighted by molar-refractivity contribution is 7.99. The molecule has 5 heteroatoms. The van der Waals surface area contributed by atoms with Crippen LogP contribution in [0.3, 0.4) is 0 Å². The second-order valence-electron chi connectivity index (χ2n) is 26.4. The Bertz CT molecular complexity index is 2990. The molecular formula is C83H110O2PS2+. The largest absolute Gasteiger partial charge is 0.298 e. The molecule has 0 aromatic heterocycles. The Morgan fingerprint density at radius 2 is 0.682 bits per heavy atom. The molecular weight excluding hydrogens is 1120 g/mol. The maximum absolute atomic E-state index is 10.2. The monoisotopic (exact) mass is 1230 g/mol. The quantitative estimate of drug-likeness (QED) is 0.0278. The van der Waals surface area contributed by atoms with Crippen LogP contribution < -0.4 is 15.9 Å². The molecule has 0 heterocycles. The molecule has 2 nitrogen and oxygen atoms in total. The molecule has 0 spiro atoms. The average molecular weight is 1230 g/mol. The molecule has 0 bridgehead atoms. The summed E-state index contributed by atoms with van der Waals surface area (Å²) >= 11 is 3.62. The van der Waals surface area contributed by atoms with Crippen LogP contribution in [0.1, 0.15) is 169 Å². The van der Waals surface area contributed by atoms with Crippen LogP contribution in [0.2, 0.25) is 0 Å². The summed E-state index contributed by atoms with van der Waals surface area (Å²) < 4.78 is 0. The zero-order valence-corrected chi connectivity index (χ0v) is 59.6. The first-order valence-electron chi connectivity index (χ1n) is 32.2. The van der Waals surface area contributed by atoms with Gasteiger partial charge in [-0.2, -0.15) is 23.5 Å². The van der Waals surface area contributed by atoms with Crippen molar-refractivity contribution < 1.29 is 9.59 Å². The van der Waals surface area contributed by atoms with Gasteiger partial charge >= 0.3 is 0 Å². The van der Waals surface area contributed by atoms with E-state index in [1.54, 1.807) is 42.3 Å². The molecule has 3 aromatic rings. The standard InChI is InChI=1S/C40H58S.C33H38P.C10H14O2S/c1-31(21-23-37-35(5)19-13-27-39(37,7)8)15-11-17-33(3)25-29-41-30-26-34(4)18-12-16-32(2)22-24-38-36(6)20-14-28-40(38,9)10;1-27(22-23-32-28(2)15-14-25-33(32,3)4)24-26-34(29-16-8-5-9-17-29,30-18-10-6-11-19-30)31-20-12-7-13-21-31;1-9(7-11)3-5-13-6-4-10(2)8-12/h11-12,15-18,21-26H,13-14,19-20,27-30H2,1-10H3;5-13,16-24H,14-15,25-26H2,1-4H3;3-4,7-8H,5-6H2,1-2H3/q;+1;/b17-11+,18-12+,23-21+,24-22+,31-15+,32-16+,33-25+,34-26+;23-22+,27-24+;9-3+,10-4+. The van der Waals surface area contributed by atoms with E-state index in [0.29, 0.717) is 10.8 Å². The van der Waals surface area contributed by atoms with Gasteiger partial charge in [-0.3, -0.25) is 9.59 Å². The van der Waals surface area contributed by atoms with Crippen molar-refractivity contribution in [3.63, 3.8) is 0 Å². The molecule has 0 saturated carbocycles. The summed E-state index contributed by atoms with van der Waals surface area (Å²) in [5, 5.41) is 4.31. The van der Waals surface area contributed by atoms with Crippen molar-refractivity contribution in [3.05, 3.63) is 267 Å². The third-order valence-corrected chi connectivity index (χ3v) is 23.2. The Hall–Kier alpha value is -5.77. The van der Waals surface area contributed by atoms with Crippen LogP contribution in [0.25, 0.3) is 0 Å². The maximum atomic E-state index is 10.2. The summed E-state index contributed by atoms with van der Waals surface area (Å²) in [6.07, 6.45) is 52.3. The predicted octanol–water partition coefficient (Wildman–Crippen LogP) is 22.8. The fourth-order valence-electron chi connectivity index (χ4n) is 11.8.